The van der Waals surface area contributed by atoms with E-state index in [0.29, 0.717) is 5.57 Å². The maximum atomic E-state index is 13.0. The summed E-state index contributed by atoms with van der Waals surface area (Å²) < 4.78 is 16.1. The molecule has 0 amide bonds. The first-order chi connectivity index (χ1) is 11.4. The number of ether oxygens (including phenoxy) is 3. The summed E-state index contributed by atoms with van der Waals surface area (Å²) in [6.45, 7) is 1.67. The zero-order valence-corrected chi connectivity index (χ0v) is 13.1. The van der Waals surface area contributed by atoms with Crippen molar-refractivity contribution in [3.8, 4) is 5.75 Å². The van der Waals surface area contributed by atoms with Crippen molar-refractivity contribution in [2.24, 2.45) is 0 Å². The summed E-state index contributed by atoms with van der Waals surface area (Å²) in [4.78, 5) is 24.6. The van der Waals surface area contributed by atoms with Crippen LogP contribution >= 0.6 is 0 Å². The number of carbonyl (C=O) groups is 2. The van der Waals surface area contributed by atoms with E-state index in [2.05, 4.69) is 4.74 Å². The lowest BCUT2D eigenvalue weighted by Gasteiger charge is -2.35. The normalized spacial score (nSPS) is 33.4. The van der Waals surface area contributed by atoms with Crippen molar-refractivity contribution in [1.29, 1.82) is 0 Å². The Morgan fingerprint density at radius 2 is 2.12 bits per heavy atom. The minimum Gasteiger partial charge on any atom is -0.507 e. The van der Waals surface area contributed by atoms with Crippen molar-refractivity contribution in [3.63, 3.8) is 0 Å². The molecule has 3 aliphatic rings. The molecule has 1 aromatic rings. The number of aliphatic hydroxyl groups excluding tert-OH is 1. The van der Waals surface area contributed by atoms with Gasteiger partial charge >= 0.3 is 5.97 Å². The fraction of sp³-hybridized carbons (Fsp3) is 0.412. The van der Waals surface area contributed by atoms with Gasteiger partial charge in [0.25, 0.3) is 0 Å². The molecule has 0 aromatic heterocycles. The molecule has 24 heavy (non-hydrogen) atoms. The van der Waals surface area contributed by atoms with Crippen molar-refractivity contribution >= 4 is 17.5 Å². The van der Waals surface area contributed by atoms with Crippen molar-refractivity contribution in [1.82, 2.24) is 0 Å². The predicted octanol–water partition coefficient (Wildman–Crippen LogP) is 1.35. The van der Waals surface area contributed by atoms with Gasteiger partial charge in [-0.25, -0.2) is 0 Å². The van der Waals surface area contributed by atoms with Gasteiger partial charge in [0, 0.05) is 11.1 Å². The van der Waals surface area contributed by atoms with Gasteiger partial charge in [-0.2, -0.15) is 0 Å². The molecule has 2 heterocycles. The Hall–Kier alpha value is -2.38. The van der Waals surface area contributed by atoms with Crippen LogP contribution in [0.25, 0.3) is 5.76 Å². The van der Waals surface area contributed by atoms with E-state index in [1.165, 1.54) is 25.3 Å². The van der Waals surface area contributed by atoms with Crippen LogP contribution in [-0.2, 0) is 19.0 Å². The van der Waals surface area contributed by atoms with Crippen molar-refractivity contribution in [2.75, 3.05) is 7.11 Å². The molecule has 0 bridgehead atoms. The summed E-state index contributed by atoms with van der Waals surface area (Å²) in [5, 5.41) is 20.7. The molecular formula is C17H16O7. The number of hydrogen-bond acceptors (Lipinski definition) is 7. The van der Waals surface area contributed by atoms with Crippen molar-refractivity contribution < 1.29 is 34.0 Å². The first-order valence-corrected chi connectivity index (χ1v) is 7.62. The third kappa shape index (κ3) is 1.73. The number of benzene rings is 1. The fourth-order valence-electron chi connectivity index (χ4n) is 3.81. The number of methoxy groups -OCH3 is 1. The molecule has 1 aliphatic carbocycles. The Labute approximate surface area is 137 Å². The van der Waals surface area contributed by atoms with E-state index in [1.54, 1.807) is 6.92 Å². The lowest BCUT2D eigenvalue weighted by molar-refractivity contribution is -0.145. The van der Waals surface area contributed by atoms with Crippen LogP contribution in [0.5, 0.6) is 5.75 Å². The molecule has 4 rings (SSSR count). The Balaban J connectivity index is 1.82. The molecule has 7 heteroatoms. The molecule has 7 nitrogen and oxygen atoms in total. The van der Waals surface area contributed by atoms with E-state index in [1.807, 2.05) is 0 Å². The van der Waals surface area contributed by atoms with E-state index in [9.17, 15) is 19.8 Å². The zero-order valence-electron chi connectivity index (χ0n) is 13.1. The van der Waals surface area contributed by atoms with Gasteiger partial charge in [0.05, 0.1) is 31.3 Å². The van der Waals surface area contributed by atoms with E-state index in [4.69, 9.17) is 9.47 Å². The third-order valence-electron chi connectivity index (χ3n) is 4.89. The predicted molar refractivity (Wildman–Crippen MR) is 80.6 cm³/mol. The number of phenols is 1. The van der Waals surface area contributed by atoms with Gasteiger partial charge in [0.2, 0.25) is 5.78 Å². The highest BCUT2D eigenvalue weighted by Crippen LogP contribution is 2.58. The van der Waals surface area contributed by atoms with Crippen LogP contribution in [0.2, 0.25) is 0 Å². The highest BCUT2D eigenvalue weighted by atomic mass is 16.7. The smallest absolute Gasteiger partial charge is 0.308 e. The number of Topliss-reactive ketones (excluding diaryl/α,β-unsaturated/α-hetero) is 1. The second-order valence-electron chi connectivity index (χ2n) is 6.16. The first-order valence-electron chi connectivity index (χ1n) is 7.62. The van der Waals surface area contributed by atoms with E-state index >= 15 is 0 Å². The Morgan fingerprint density at radius 1 is 1.38 bits per heavy atom. The number of hydrogen-bond donors (Lipinski definition) is 2. The molecule has 126 valence electrons. The van der Waals surface area contributed by atoms with Crippen LogP contribution in [-0.4, -0.2) is 53.0 Å². The molecule has 2 fully saturated rings. The van der Waals surface area contributed by atoms with Crippen LogP contribution in [0.15, 0.2) is 23.8 Å². The lowest BCUT2D eigenvalue weighted by Crippen LogP contribution is -2.48. The zero-order chi connectivity index (χ0) is 17.2. The van der Waals surface area contributed by atoms with Crippen LogP contribution in [0.3, 0.4) is 0 Å². The Morgan fingerprint density at radius 3 is 2.83 bits per heavy atom. The monoisotopic (exact) mass is 332 g/mol. The molecule has 2 N–H and O–H groups in total. The minimum absolute atomic E-state index is 0.0402. The number of phenolic OH excluding ortho intramolecular Hbond substituents is 1. The largest absolute Gasteiger partial charge is 0.507 e. The summed E-state index contributed by atoms with van der Waals surface area (Å²) >= 11 is 0. The average Bonchev–Trinajstić information content (AvgIpc) is 3.28. The number of epoxide rings is 1. The summed E-state index contributed by atoms with van der Waals surface area (Å²) in [5.74, 6) is -1.18. The highest BCUT2D eigenvalue weighted by Gasteiger charge is 2.74. The molecular weight excluding hydrogens is 316 g/mol. The number of fused-ring (bicyclic) bond motifs is 1. The number of esters is 1. The van der Waals surface area contributed by atoms with Gasteiger partial charge in [-0.3, -0.25) is 9.59 Å². The maximum absolute atomic E-state index is 13.0. The summed E-state index contributed by atoms with van der Waals surface area (Å²) in [7, 11) is 1.28. The van der Waals surface area contributed by atoms with Gasteiger partial charge in [0.15, 0.2) is 5.60 Å². The summed E-state index contributed by atoms with van der Waals surface area (Å²) in [5.41, 5.74) is -0.724. The Bertz CT molecular complexity index is 796. The Kier molecular flexibility index (Phi) is 3.04. The molecule has 4 atom stereocenters. The van der Waals surface area contributed by atoms with E-state index < -0.39 is 29.9 Å². The van der Waals surface area contributed by atoms with Crippen LogP contribution < -0.4 is 0 Å². The van der Waals surface area contributed by atoms with Gasteiger partial charge in [-0.15, -0.1) is 0 Å². The van der Waals surface area contributed by atoms with Crippen molar-refractivity contribution in [3.05, 3.63) is 34.9 Å². The molecule has 2 saturated heterocycles. The molecule has 0 radical (unpaired) electrons. The van der Waals surface area contributed by atoms with Crippen LogP contribution in [0.4, 0.5) is 0 Å². The second kappa shape index (κ2) is 4.81. The minimum atomic E-state index is -1.32. The lowest BCUT2D eigenvalue weighted by atomic mass is 9.74. The van der Waals surface area contributed by atoms with E-state index in [-0.39, 0.29) is 34.8 Å². The SMILES string of the molecule is COC(=O)C[C@@H]1O[C@H](C)C2=C(O)c3c(O)cccc3C(=O)[C@@]23O[C@@H]13. The number of aromatic hydroxyl groups is 1. The number of carbonyl (C=O) groups excluding carboxylic acids is 2. The van der Waals surface area contributed by atoms with Gasteiger partial charge in [0.1, 0.15) is 17.6 Å². The summed E-state index contributed by atoms with van der Waals surface area (Å²) in [6, 6.07) is 4.47. The van der Waals surface area contributed by atoms with Gasteiger partial charge < -0.3 is 24.4 Å². The quantitative estimate of drug-likeness (QED) is 0.622. The molecule has 0 unspecified atom stereocenters. The molecule has 0 saturated carbocycles. The number of rotatable bonds is 2. The highest BCUT2D eigenvalue weighted by molar-refractivity contribution is 6.14. The number of ketones is 1. The standard InChI is InChI=1S/C17H16O7/c1-7-13-14(20)12-8(4-3-5-9(12)18)15(21)17(13)16(24-17)10(23-7)6-11(19)22-2/h3-5,7,10,16,18,20H,6H2,1-2H3/t7-,10+,16+,17+/m1/s1. The molecule has 2 aliphatic heterocycles. The van der Waals surface area contributed by atoms with Crippen molar-refractivity contribution in [2.45, 2.75) is 37.3 Å². The van der Waals surface area contributed by atoms with Crippen LogP contribution in [0, 0.1) is 0 Å². The topological polar surface area (TPSA) is 106 Å². The fourth-order valence-corrected chi connectivity index (χ4v) is 3.81. The molecule has 1 spiro atoms. The second-order valence-corrected chi connectivity index (χ2v) is 6.16. The summed E-state index contributed by atoms with van der Waals surface area (Å²) in [6.07, 6.45) is -1.98. The average molecular weight is 332 g/mol. The first kappa shape index (κ1) is 15.2. The van der Waals surface area contributed by atoms with Gasteiger partial charge in [-0.05, 0) is 13.0 Å². The van der Waals surface area contributed by atoms with E-state index in [0.717, 1.165) is 0 Å². The van der Waals surface area contributed by atoms with Gasteiger partial charge in [-0.1, -0.05) is 12.1 Å². The number of aliphatic hydroxyl groups is 1. The third-order valence-corrected chi connectivity index (χ3v) is 4.89. The van der Waals surface area contributed by atoms with Crippen LogP contribution in [0.1, 0.15) is 29.3 Å². The molecule has 1 aromatic carbocycles. The maximum Gasteiger partial charge on any atom is 0.308 e.